The van der Waals surface area contributed by atoms with E-state index in [1.54, 1.807) is 13.3 Å². The van der Waals surface area contributed by atoms with Gasteiger partial charge in [-0.2, -0.15) is 0 Å². The Bertz CT molecular complexity index is 766. The lowest BCUT2D eigenvalue weighted by Crippen LogP contribution is -2.47. The number of hydrogen-bond donors (Lipinski definition) is 1. The van der Waals surface area contributed by atoms with Gasteiger partial charge < -0.3 is 19.5 Å². The Morgan fingerprint density at radius 3 is 2.67 bits per heavy atom. The number of benzene rings is 1. The van der Waals surface area contributed by atoms with Crippen molar-refractivity contribution in [2.45, 2.75) is 19.2 Å². The van der Waals surface area contributed by atoms with Gasteiger partial charge in [-0.1, -0.05) is 12.1 Å². The number of rotatable bonds is 10. The van der Waals surface area contributed by atoms with Crippen molar-refractivity contribution in [2.75, 3.05) is 60.5 Å². The van der Waals surface area contributed by atoms with Gasteiger partial charge in [0.15, 0.2) is 0 Å². The minimum absolute atomic E-state index is 0.263. The zero-order valence-electron chi connectivity index (χ0n) is 18.3. The molecular formula is C23H34N4O3. The van der Waals surface area contributed by atoms with Gasteiger partial charge >= 0.3 is 0 Å². The number of ether oxygens (including phenoxy) is 2. The molecular weight excluding hydrogens is 380 g/mol. The van der Waals surface area contributed by atoms with Crippen LogP contribution in [0.5, 0.6) is 11.5 Å². The summed E-state index contributed by atoms with van der Waals surface area (Å²) in [6.45, 7) is 6.46. The van der Waals surface area contributed by atoms with Gasteiger partial charge in [0.1, 0.15) is 24.2 Å². The molecule has 0 bridgehead atoms. The first-order valence-corrected chi connectivity index (χ1v) is 10.5. The second-order valence-corrected chi connectivity index (χ2v) is 8.08. The molecule has 3 rings (SSSR count). The fourth-order valence-electron chi connectivity index (χ4n) is 3.64. The van der Waals surface area contributed by atoms with E-state index in [1.165, 1.54) is 5.56 Å². The molecule has 7 nitrogen and oxygen atoms in total. The molecule has 0 radical (unpaired) electrons. The van der Waals surface area contributed by atoms with Crippen LogP contribution in [0.1, 0.15) is 11.1 Å². The molecule has 1 aromatic carbocycles. The van der Waals surface area contributed by atoms with Crippen molar-refractivity contribution in [3.8, 4) is 11.5 Å². The number of aliphatic hydroxyl groups excluding tert-OH is 1. The van der Waals surface area contributed by atoms with Crippen molar-refractivity contribution in [3.63, 3.8) is 0 Å². The Morgan fingerprint density at radius 1 is 1.17 bits per heavy atom. The highest BCUT2D eigenvalue weighted by atomic mass is 16.5. The lowest BCUT2D eigenvalue weighted by atomic mass is 10.1. The van der Waals surface area contributed by atoms with Crippen molar-refractivity contribution in [1.82, 2.24) is 19.7 Å². The predicted octanol–water partition coefficient (Wildman–Crippen LogP) is 1.71. The lowest BCUT2D eigenvalue weighted by molar-refractivity contribution is 0.0500. The topological polar surface area (TPSA) is 61.3 Å². The van der Waals surface area contributed by atoms with E-state index < -0.39 is 6.10 Å². The number of hydrogen-bond acceptors (Lipinski definition) is 7. The quantitative estimate of drug-likeness (QED) is 0.635. The summed E-state index contributed by atoms with van der Waals surface area (Å²) < 4.78 is 11.4. The van der Waals surface area contributed by atoms with Crippen LogP contribution in [-0.4, -0.2) is 91.4 Å². The molecule has 2 heterocycles. The van der Waals surface area contributed by atoms with Gasteiger partial charge in [0.05, 0.1) is 7.11 Å². The van der Waals surface area contributed by atoms with E-state index in [4.69, 9.17) is 9.47 Å². The van der Waals surface area contributed by atoms with Crippen LogP contribution >= 0.6 is 0 Å². The summed E-state index contributed by atoms with van der Waals surface area (Å²) in [7, 11) is 5.85. The van der Waals surface area contributed by atoms with E-state index in [1.807, 2.05) is 30.5 Å². The molecule has 1 aliphatic heterocycles. The summed E-state index contributed by atoms with van der Waals surface area (Å²) in [6, 6.07) is 9.90. The number of nitrogens with zero attached hydrogens (tertiary/aromatic N) is 4. The number of pyridine rings is 1. The lowest BCUT2D eigenvalue weighted by Gasteiger charge is -2.33. The number of methoxy groups -OCH3 is 1. The van der Waals surface area contributed by atoms with Gasteiger partial charge in [0, 0.05) is 69.8 Å². The molecule has 0 spiro atoms. The molecule has 30 heavy (non-hydrogen) atoms. The van der Waals surface area contributed by atoms with Crippen molar-refractivity contribution in [2.24, 2.45) is 0 Å². The third kappa shape index (κ3) is 6.95. The van der Waals surface area contributed by atoms with E-state index in [2.05, 4.69) is 39.8 Å². The Balaban J connectivity index is 1.57. The average Bonchev–Trinajstić information content (AvgIpc) is 2.75. The van der Waals surface area contributed by atoms with E-state index in [9.17, 15) is 5.11 Å². The maximum Gasteiger partial charge on any atom is 0.127 e. The Morgan fingerprint density at radius 2 is 1.97 bits per heavy atom. The third-order valence-corrected chi connectivity index (χ3v) is 5.39. The molecule has 0 saturated carbocycles. The molecule has 1 aliphatic rings. The van der Waals surface area contributed by atoms with E-state index >= 15 is 0 Å². The van der Waals surface area contributed by atoms with E-state index in [0.29, 0.717) is 6.54 Å². The molecule has 1 saturated heterocycles. The minimum Gasteiger partial charge on any atom is -0.497 e. The first kappa shape index (κ1) is 22.5. The van der Waals surface area contributed by atoms with Gasteiger partial charge in [0.25, 0.3) is 0 Å². The van der Waals surface area contributed by atoms with Crippen LogP contribution in [0.4, 0.5) is 0 Å². The largest absolute Gasteiger partial charge is 0.497 e. The van der Waals surface area contributed by atoms with Crippen LogP contribution in [0.2, 0.25) is 0 Å². The van der Waals surface area contributed by atoms with E-state index in [0.717, 1.165) is 56.3 Å². The van der Waals surface area contributed by atoms with E-state index in [-0.39, 0.29) is 6.61 Å². The molecule has 7 heteroatoms. The van der Waals surface area contributed by atoms with Crippen molar-refractivity contribution >= 4 is 0 Å². The third-order valence-electron chi connectivity index (χ3n) is 5.39. The van der Waals surface area contributed by atoms with Gasteiger partial charge in [0.2, 0.25) is 0 Å². The standard InChI is InChI=1S/C23H34N4O3/c1-25-9-11-27(12-10-25)17-21(28)18-30-23-13-22(29-3)7-6-20(23)16-26(2)15-19-5-4-8-24-14-19/h4-8,13-14,21,28H,9-12,15-18H2,1-3H3. The number of aliphatic hydroxyl groups is 1. The molecule has 1 atom stereocenters. The maximum absolute atomic E-state index is 10.5. The van der Waals surface area contributed by atoms with Crippen molar-refractivity contribution in [1.29, 1.82) is 0 Å². The number of aromatic nitrogens is 1. The Kier molecular flexibility index (Phi) is 8.45. The van der Waals surface area contributed by atoms with Crippen LogP contribution in [-0.2, 0) is 13.1 Å². The second kappa shape index (κ2) is 11.3. The molecule has 0 aliphatic carbocycles. The van der Waals surface area contributed by atoms with Crippen molar-refractivity contribution < 1.29 is 14.6 Å². The highest BCUT2D eigenvalue weighted by Crippen LogP contribution is 2.26. The second-order valence-electron chi connectivity index (χ2n) is 8.08. The highest BCUT2D eigenvalue weighted by Gasteiger charge is 2.18. The molecule has 2 aromatic rings. The molecule has 1 unspecified atom stereocenters. The summed E-state index contributed by atoms with van der Waals surface area (Å²) in [5, 5.41) is 10.5. The summed E-state index contributed by atoms with van der Waals surface area (Å²) in [4.78, 5) is 11.0. The molecule has 1 N–H and O–H groups in total. The smallest absolute Gasteiger partial charge is 0.127 e. The number of β-amino-alcohol motifs (C(OH)–C–C–N with tert-alkyl or cyclic N) is 1. The first-order valence-electron chi connectivity index (χ1n) is 10.5. The SMILES string of the molecule is COc1ccc(CN(C)Cc2cccnc2)c(OCC(O)CN2CCN(C)CC2)c1. The van der Waals surface area contributed by atoms with Crippen LogP contribution in [0.25, 0.3) is 0 Å². The first-order chi connectivity index (χ1) is 14.5. The zero-order chi connectivity index (χ0) is 21.3. The van der Waals surface area contributed by atoms with Crippen LogP contribution in [0, 0.1) is 0 Å². The van der Waals surface area contributed by atoms with Gasteiger partial charge in [-0.15, -0.1) is 0 Å². The molecule has 164 valence electrons. The Labute approximate surface area is 179 Å². The van der Waals surface area contributed by atoms with Gasteiger partial charge in [-0.25, -0.2) is 0 Å². The predicted molar refractivity (Wildman–Crippen MR) is 118 cm³/mol. The molecule has 1 fully saturated rings. The fourth-order valence-corrected chi connectivity index (χ4v) is 3.64. The summed E-state index contributed by atoms with van der Waals surface area (Å²) >= 11 is 0. The average molecular weight is 415 g/mol. The fraction of sp³-hybridized carbons (Fsp3) is 0.522. The van der Waals surface area contributed by atoms with Gasteiger partial charge in [-0.3, -0.25) is 14.8 Å². The highest BCUT2D eigenvalue weighted by molar-refractivity contribution is 5.40. The molecule has 1 aromatic heterocycles. The zero-order valence-corrected chi connectivity index (χ0v) is 18.3. The maximum atomic E-state index is 10.5. The monoisotopic (exact) mass is 414 g/mol. The van der Waals surface area contributed by atoms with Crippen LogP contribution in [0.15, 0.2) is 42.7 Å². The number of likely N-dealkylation sites (N-methyl/N-ethyl adjacent to an activating group) is 1. The molecule has 0 amide bonds. The Hall–Kier alpha value is -2.19. The minimum atomic E-state index is -0.527. The summed E-state index contributed by atoms with van der Waals surface area (Å²) in [6.07, 6.45) is 3.14. The normalized spacial score (nSPS) is 16.6. The van der Waals surface area contributed by atoms with Crippen LogP contribution < -0.4 is 9.47 Å². The van der Waals surface area contributed by atoms with Crippen LogP contribution in [0.3, 0.4) is 0 Å². The van der Waals surface area contributed by atoms with Gasteiger partial charge in [-0.05, 0) is 31.8 Å². The summed E-state index contributed by atoms with van der Waals surface area (Å²) in [5.74, 6) is 1.50. The number of piperazine rings is 1. The summed E-state index contributed by atoms with van der Waals surface area (Å²) in [5.41, 5.74) is 2.23. The van der Waals surface area contributed by atoms with Crippen molar-refractivity contribution in [3.05, 3.63) is 53.9 Å².